The third-order valence-electron chi connectivity index (χ3n) is 7.69. The summed E-state index contributed by atoms with van der Waals surface area (Å²) >= 11 is 0. The molecule has 43 heavy (non-hydrogen) atoms. The molecule has 0 aromatic carbocycles. The van der Waals surface area contributed by atoms with Crippen LogP contribution in [0.15, 0.2) is 36.5 Å². The van der Waals surface area contributed by atoms with E-state index in [1.807, 2.05) is 0 Å². The summed E-state index contributed by atoms with van der Waals surface area (Å²) in [6, 6.07) is 0. The maximum atomic E-state index is 12.1. The number of carbonyl (C=O) groups excluding carboxylic acids is 2. The highest BCUT2D eigenvalue weighted by molar-refractivity contribution is 5.70. The molecule has 0 spiro atoms. The SMILES string of the molecule is CCCCC/C=C\C/C=C\C/C=C\CCCCCCCCC(=O)O[C@@H](CO)COC(=O)CCCCCCCCCCCC. The Morgan fingerprint density at radius 2 is 0.930 bits per heavy atom. The Hall–Kier alpha value is -1.88. The molecule has 0 saturated heterocycles. The molecule has 0 aliphatic heterocycles. The lowest BCUT2D eigenvalue weighted by Crippen LogP contribution is -2.28. The second kappa shape index (κ2) is 34.6. The van der Waals surface area contributed by atoms with Gasteiger partial charge in [0.2, 0.25) is 0 Å². The topological polar surface area (TPSA) is 72.8 Å². The molecule has 0 radical (unpaired) electrons. The number of aliphatic hydroxyl groups excluding tert-OH is 1. The first-order chi connectivity index (χ1) is 21.1. The number of unbranched alkanes of at least 4 members (excludes halogenated alkanes) is 18. The number of carbonyl (C=O) groups is 2. The quantitative estimate of drug-likeness (QED) is 0.0470. The zero-order valence-corrected chi connectivity index (χ0v) is 28.2. The zero-order chi connectivity index (χ0) is 31.5. The van der Waals surface area contributed by atoms with E-state index in [1.54, 1.807) is 0 Å². The number of allylic oxidation sites excluding steroid dienone is 6. The predicted molar refractivity (Wildman–Crippen MR) is 182 cm³/mol. The summed E-state index contributed by atoms with van der Waals surface area (Å²) in [5.41, 5.74) is 0. The Morgan fingerprint density at radius 1 is 0.535 bits per heavy atom. The molecular weight excluding hydrogens is 536 g/mol. The molecule has 250 valence electrons. The van der Waals surface area contributed by atoms with Gasteiger partial charge in [-0.1, -0.05) is 147 Å². The first kappa shape index (κ1) is 41.1. The number of rotatable bonds is 32. The second-order valence-electron chi connectivity index (χ2n) is 12.0. The van der Waals surface area contributed by atoms with Gasteiger partial charge in [-0.2, -0.15) is 0 Å². The molecule has 0 fully saturated rings. The van der Waals surface area contributed by atoms with Gasteiger partial charge in [-0.3, -0.25) is 9.59 Å². The fraction of sp³-hybridized carbons (Fsp3) is 0.789. The summed E-state index contributed by atoms with van der Waals surface area (Å²) in [4.78, 5) is 24.1. The molecule has 0 unspecified atom stereocenters. The van der Waals surface area contributed by atoms with Crippen molar-refractivity contribution in [1.82, 2.24) is 0 Å². The molecule has 0 saturated carbocycles. The van der Waals surface area contributed by atoms with Gasteiger partial charge >= 0.3 is 11.9 Å². The van der Waals surface area contributed by atoms with Gasteiger partial charge in [0.05, 0.1) is 6.61 Å². The predicted octanol–water partition coefficient (Wildman–Crippen LogP) is 10.9. The largest absolute Gasteiger partial charge is 0.462 e. The van der Waals surface area contributed by atoms with Crippen LogP contribution in [0.5, 0.6) is 0 Å². The summed E-state index contributed by atoms with van der Waals surface area (Å²) in [6.45, 7) is 4.07. The van der Waals surface area contributed by atoms with Gasteiger partial charge in [-0.25, -0.2) is 0 Å². The van der Waals surface area contributed by atoms with Crippen LogP contribution >= 0.6 is 0 Å². The van der Waals surface area contributed by atoms with E-state index in [0.29, 0.717) is 12.8 Å². The first-order valence-electron chi connectivity index (χ1n) is 18.0. The van der Waals surface area contributed by atoms with Gasteiger partial charge in [-0.05, 0) is 51.4 Å². The van der Waals surface area contributed by atoms with Crippen molar-refractivity contribution in [3.63, 3.8) is 0 Å². The average Bonchev–Trinajstić information content (AvgIpc) is 3.01. The number of aliphatic hydroxyl groups is 1. The van der Waals surface area contributed by atoms with E-state index in [0.717, 1.165) is 57.8 Å². The highest BCUT2D eigenvalue weighted by atomic mass is 16.6. The molecule has 5 nitrogen and oxygen atoms in total. The number of ether oxygens (including phenoxy) is 2. The molecule has 0 amide bonds. The highest BCUT2D eigenvalue weighted by Gasteiger charge is 2.16. The summed E-state index contributed by atoms with van der Waals surface area (Å²) < 4.78 is 10.5. The summed E-state index contributed by atoms with van der Waals surface area (Å²) in [6.07, 6.45) is 40.5. The Balaban J connectivity index is 3.60. The molecule has 1 atom stereocenters. The zero-order valence-electron chi connectivity index (χ0n) is 28.2. The van der Waals surface area contributed by atoms with E-state index in [9.17, 15) is 14.7 Å². The normalized spacial score (nSPS) is 12.5. The molecule has 0 aromatic rings. The van der Waals surface area contributed by atoms with E-state index in [1.165, 1.54) is 89.9 Å². The van der Waals surface area contributed by atoms with Crippen molar-refractivity contribution in [2.75, 3.05) is 13.2 Å². The summed E-state index contributed by atoms with van der Waals surface area (Å²) in [5, 5.41) is 9.51. The van der Waals surface area contributed by atoms with Gasteiger partial charge in [0.15, 0.2) is 6.10 Å². The van der Waals surface area contributed by atoms with E-state index in [4.69, 9.17) is 9.47 Å². The van der Waals surface area contributed by atoms with Crippen LogP contribution in [-0.2, 0) is 19.1 Å². The summed E-state index contributed by atoms with van der Waals surface area (Å²) in [5.74, 6) is -0.607. The van der Waals surface area contributed by atoms with Crippen molar-refractivity contribution in [1.29, 1.82) is 0 Å². The van der Waals surface area contributed by atoms with Crippen molar-refractivity contribution < 1.29 is 24.2 Å². The lowest BCUT2D eigenvalue weighted by Gasteiger charge is -2.15. The van der Waals surface area contributed by atoms with Gasteiger partial charge < -0.3 is 14.6 Å². The fourth-order valence-corrected chi connectivity index (χ4v) is 4.91. The van der Waals surface area contributed by atoms with Gasteiger partial charge in [0, 0.05) is 12.8 Å². The number of esters is 2. The van der Waals surface area contributed by atoms with E-state index in [2.05, 4.69) is 50.3 Å². The number of hydrogen-bond donors (Lipinski definition) is 1. The Bertz CT molecular complexity index is 696. The van der Waals surface area contributed by atoms with Crippen LogP contribution < -0.4 is 0 Å². The second-order valence-corrected chi connectivity index (χ2v) is 12.0. The molecule has 0 aromatic heterocycles. The molecule has 5 heteroatoms. The van der Waals surface area contributed by atoms with Crippen molar-refractivity contribution in [2.24, 2.45) is 0 Å². The van der Waals surface area contributed by atoms with E-state index in [-0.39, 0.29) is 25.2 Å². The first-order valence-corrected chi connectivity index (χ1v) is 18.0. The van der Waals surface area contributed by atoms with E-state index >= 15 is 0 Å². The third kappa shape index (κ3) is 32.9. The van der Waals surface area contributed by atoms with Crippen molar-refractivity contribution in [3.8, 4) is 0 Å². The van der Waals surface area contributed by atoms with Crippen molar-refractivity contribution in [2.45, 2.75) is 180 Å². The van der Waals surface area contributed by atoms with Gasteiger partial charge in [-0.15, -0.1) is 0 Å². The molecule has 0 bridgehead atoms. The Kier molecular flexibility index (Phi) is 33.1. The van der Waals surface area contributed by atoms with E-state index < -0.39 is 6.10 Å². The molecule has 0 rings (SSSR count). The average molecular weight is 605 g/mol. The van der Waals surface area contributed by atoms with Crippen molar-refractivity contribution in [3.05, 3.63) is 36.5 Å². The number of hydrogen-bond acceptors (Lipinski definition) is 5. The minimum absolute atomic E-state index is 0.0693. The van der Waals surface area contributed by atoms with Crippen LogP contribution in [0.1, 0.15) is 174 Å². The minimum Gasteiger partial charge on any atom is -0.462 e. The van der Waals surface area contributed by atoms with Crippen LogP contribution in [0.4, 0.5) is 0 Å². The van der Waals surface area contributed by atoms with Crippen molar-refractivity contribution >= 4 is 11.9 Å². The fourth-order valence-electron chi connectivity index (χ4n) is 4.91. The minimum atomic E-state index is -0.773. The highest BCUT2D eigenvalue weighted by Crippen LogP contribution is 2.13. The van der Waals surface area contributed by atoms with Crippen LogP contribution in [0, 0.1) is 0 Å². The third-order valence-corrected chi connectivity index (χ3v) is 7.69. The maximum absolute atomic E-state index is 12.1. The molecule has 1 N–H and O–H groups in total. The van der Waals surface area contributed by atoms with Crippen LogP contribution in [-0.4, -0.2) is 36.4 Å². The maximum Gasteiger partial charge on any atom is 0.306 e. The summed E-state index contributed by atoms with van der Waals surface area (Å²) in [7, 11) is 0. The van der Waals surface area contributed by atoms with Crippen LogP contribution in [0.2, 0.25) is 0 Å². The van der Waals surface area contributed by atoms with Crippen LogP contribution in [0.25, 0.3) is 0 Å². The standard InChI is InChI=1S/C38H68O5/c1-3-5-7-9-11-13-15-16-17-18-19-20-21-22-23-25-27-29-31-33-38(41)43-36(34-39)35-42-37(40)32-30-28-26-24-14-12-10-8-6-4-2/h11,13,16-17,19-20,36,39H,3-10,12,14-15,18,21-35H2,1-2H3/b13-11-,17-16-,20-19-/t36-/m0/s1. The Morgan fingerprint density at radius 3 is 1.44 bits per heavy atom. The molecular formula is C38H68O5. The van der Waals surface area contributed by atoms with Gasteiger partial charge in [0.1, 0.15) is 6.61 Å². The smallest absolute Gasteiger partial charge is 0.306 e. The lowest BCUT2D eigenvalue weighted by molar-refractivity contribution is -0.161. The molecule has 0 aliphatic rings. The monoisotopic (exact) mass is 605 g/mol. The Labute approximate surface area is 266 Å². The molecule has 0 aliphatic carbocycles. The van der Waals surface area contributed by atoms with Gasteiger partial charge in [0.25, 0.3) is 0 Å². The lowest BCUT2D eigenvalue weighted by atomic mass is 10.1. The van der Waals surface area contributed by atoms with Crippen LogP contribution in [0.3, 0.4) is 0 Å². The molecule has 0 heterocycles.